The van der Waals surface area contributed by atoms with Crippen molar-refractivity contribution in [3.63, 3.8) is 0 Å². The van der Waals surface area contributed by atoms with Gasteiger partial charge in [0.05, 0.1) is 23.7 Å². The zero-order valence-corrected chi connectivity index (χ0v) is 24.2. The molecule has 0 saturated carbocycles. The molecule has 224 valence electrons. The molecule has 5 rings (SSSR count). The maximum Gasteiger partial charge on any atom is 0.264 e. The number of aromatic nitrogens is 3. The fourth-order valence-electron chi connectivity index (χ4n) is 4.83. The van der Waals surface area contributed by atoms with Crippen LogP contribution in [0.15, 0.2) is 79.0 Å². The minimum absolute atomic E-state index is 0.0681. The minimum atomic E-state index is -3.95. The van der Waals surface area contributed by atoms with Gasteiger partial charge >= 0.3 is 0 Å². The molecule has 3 N–H and O–H groups in total. The quantitative estimate of drug-likeness (QED) is 0.111. The zero-order chi connectivity index (χ0) is 30.4. The third-order valence-electron chi connectivity index (χ3n) is 7.02. The average molecular weight is 606 g/mol. The number of ether oxygens (including phenoxy) is 1. The number of rotatable bonds is 13. The molecule has 0 amide bonds. The van der Waals surface area contributed by atoms with Gasteiger partial charge in [0.2, 0.25) is 5.88 Å². The van der Waals surface area contributed by atoms with Gasteiger partial charge in [0.25, 0.3) is 10.1 Å². The van der Waals surface area contributed by atoms with Crippen molar-refractivity contribution in [3.05, 3.63) is 107 Å². The van der Waals surface area contributed by atoms with E-state index >= 15 is 0 Å². The van der Waals surface area contributed by atoms with Crippen LogP contribution in [0.4, 0.5) is 4.39 Å². The van der Waals surface area contributed by atoms with Crippen molar-refractivity contribution >= 4 is 15.8 Å². The van der Waals surface area contributed by atoms with Crippen LogP contribution < -0.4 is 4.74 Å². The van der Waals surface area contributed by atoms with E-state index in [0.717, 1.165) is 11.1 Å². The van der Waals surface area contributed by atoms with Crippen LogP contribution in [0.2, 0.25) is 0 Å². The molecule has 0 aliphatic heterocycles. The summed E-state index contributed by atoms with van der Waals surface area (Å²) >= 11 is 0. The Morgan fingerprint density at radius 3 is 2.26 bits per heavy atom. The largest absolute Gasteiger partial charge is 0.508 e. The van der Waals surface area contributed by atoms with Gasteiger partial charge < -0.3 is 14.9 Å². The lowest BCUT2D eigenvalue weighted by Gasteiger charge is -2.09. The van der Waals surface area contributed by atoms with Crippen LogP contribution in [-0.4, -0.2) is 49.9 Å². The van der Waals surface area contributed by atoms with Gasteiger partial charge in [0.15, 0.2) is 17.2 Å². The van der Waals surface area contributed by atoms with E-state index < -0.39 is 15.9 Å². The lowest BCUT2D eigenvalue weighted by atomic mass is 10.1. The van der Waals surface area contributed by atoms with E-state index in [1.54, 1.807) is 47.0 Å². The van der Waals surface area contributed by atoms with Crippen LogP contribution in [0.25, 0.3) is 16.9 Å². The second-order valence-electron chi connectivity index (χ2n) is 10.3. The first-order valence-corrected chi connectivity index (χ1v) is 15.6. The molecule has 5 aromatic rings. The van der Waals surface area contributed by atoms with E-state index in [1.165, 1.54) is 6.07 Å². The molecule has 3 aromatic carbocycles. The summed E-state index contributed by atoms with van der Waals surface area (Å²) in [6.07, 6.45) is 4.64. The standard InChI is InChI=1S/C32H32FN3O6S/c33-26-18-23(10-15-30(26)42-16-6-1-2-7-17-43(39,40)41)20-28-32(38)36-21-29(24-11-13-25(37)14-12-24)34-27(31(36)35-28)19-22-8-4-3-5-9-22/h3-5,8-15,18,21,37-38H,1-2,6-7,16-17,19-20H2,(H,39,40,41). The number of benzene rings is 3. The fraction of sp³-hybridized carbons (Fsp3) is 0.250. The Hall–Kier alpha value is -4.48. The van der Waals surface area contributed by atoms with Crippen LogP contribution >= 0.6 is 0 Å². The van der Waals surface area contributed by atoms with Gasteiger partial charge in [0, 0.05) is 24.6 Å². The average Bonchev–Trinajstić information content (AvgIpc) is 3.29. The maximum atomic E-state index is 14.9. The summed E-state index contributed by atoms with van der Waals surface area (Å²) in [4.78, 5) is 9.56. The van der Waals surface area contributed by atoms with E-state index in [-0.39, 0.29) is 36.2 Å². The molecule has 9 nitrogen and oxygen atoms in total. The smallest absolute Gasteiger partial charge is 0.264 e. The third-order valence-corrected chi connectivity index (χ3v) is 7.82. The molecule has 0 aliphatic carbocycles. The number of halogens is 1. The van der Waals surface area contributed by atoms with E-state index in [4.69, 9.17) is 19.3 Å². The number of imidazole rings is 1. The number of nitrogens with zero attached hydrogens (tertiary/aromatic N) is 3. The molecule has 0 radical (unpaired) electrons. The summed E-state index contributed by atoms with van der Waals surface area (Å²) in [6, 6.07) is 21.1. The highest BCUT2D eigenvalue weighted by Gasteiger charge is 2.19. The van der Waals surface area contributed by atoms with Gasteiger partial charge in [-0.05, 0) is 60.4 Å². The molecule has 0 atom stereocenters. The topological polar surface area (TPSA) is 134 Å². The second-order valence-corrected chi connectivity index (χ2v) is 11.9. The van der Waals surface area contributed by atoms with Crippen molar-refractivity contribution in [2.24, 2.45) is 0 Å². The first-order chi connectivity index (χ1) is 20.7. The first kappa shape index (κ1) is 30.0. The number of fused-ring (bicyclic) bond motifs is 1. The molecule has 43 heavy (non-hydrogen) atoms. The van der Waals surface area contributed by atoms with Crippen molar-refractivity contribution in [2.45, 2.75) is 38.5 Å². The Kier molecular flexibility index (Phi) is 9.22. The zero-order valence-electron chi connectivity index (χ0n) is 23.4. The van der Waals surface area contributed by atoms with Gasteiger partial charge in [0.1, 0.15) is 11.4 Å². The highest BCUT2D eigenvalue weighted by atomic mass is 32.2. The Morgan fingerprint density at radius 2 is 1.53 bits per heavy atom. The molecule has 0 fully saturated rings. The summed E-state index contributed by atoms with van der Waals surface area (Å²) in [5.41, 5.74) is 4.52. The lowest BCUT2D eigenvalue weighted by molar-refractivity contribution is 0.290. The predicted molar refractivity (Wildman–Crippen MR) is 161 cm³/mol. The Balaban J connectivity index is 1.33. The molecular weight excluding hydrogens is 573 g/mol. The number of unbranched alkanes of at least 4 members (excludes halogenated alkanes) is 3. The molecule has 11 heteroatoms. The molecule has 0 unspecified atom stereocenters. The van der Waals surface area contributed by atoms with Gasteiger partial charge in [-0.2, -0.15) is 8.42 Å². The molecule has 2 aromatic heterocycles. The van der Waals surface area contributed by atoms with Crippen molar-refractivity contribution < 1.29 is 32.3 Å². The van der Waals surface area contributed by atoms with Crippen molar-refractivity contribution in [1.82, 2.24) is 14.4 Å². The highest BCUT2D eigenvalue weighted by molar-refractivity contribution is 7.85. The number of aromatic hydroxyl groups is 2. The molecule has 0 bridgehead atoms. The van der Waals surface area contributed by atoms with Gasteiger partial charge in [-0.3, -0.25) is 8.95 Å². The second kappa shape index (κ2) is 13.2. The summed E-state index contributed by atoms with van der Waals surface area (Å²) in [7, 11) is -3.95. The minimum Gasteiger partial charge on any atom is -0.508 e. The Morgan fingerprint density at radius 1 is 0.814 bits per heavy atom. The number of hydrogen-bond acceptors (Lipinski definition) is 7. The number of hydrogen-bond donors (Lipinski definition) is 3. The molecule has 0 aliphatic rings. The summed E-state index contributed by atoms with van der Waals surface area (Å²) in [6.45, 7) is 0.274. The molecule has 0 spiro atoms. The van der Waals surface area contributed by atoms with Gasteiger partial charge in [-0.25, -0.2) is 14.4 Å². The maximum absolute atomic E-state index is 14.9. The van der Waals surface area contributed by atoms with Crippen LogP contribution in [0, 0.1) is 5.82 Å². The molecular formula is C32H32FN3O6S. The fourth-order valence-corrected chi connectivity index (χ4v) is 5.40. The van der Waals surface area contributed by atoms with Crippen LogP contribution in [-0.2, 0) is 23.0 Å². The van der Waals surface area contributed by atoms with Crippen molar-refractivity contribution in [1.29, 1.82) is 0 Å². The summed E-state index contributed by atoms with van der Waals surface area (Å²) in [5.74, 6) is -0.626. The lowest BCUT2D eigenvalue weighted by Crippen LogP contribution is -2.04. The van der Waals surface area contributed by atoms with Gasteiger partial charge in [-0.1, -0.05) is 49.2 Å². The summed E-state index contributed by atoms with van der Waals surface area (Å²) < 4.78 is 52.3. The molecule has 0 saturated heterocycles. The SMILES string of the molecule is O=S(=O)(O)CCCCCCOc1ccc(Cc2nc3c(Cc4ccccc4)nc(-c4ccc(O)cc4)cn3c2O)cc1F. The van der Waals surface area contributed by atoms with Crippen LogP contribution in [0.5, 0.6) is 17.4 Å². The van der Waals surface area contributed by atoms with E-state index in [0.29, 0.717) is 60.4 Å². The Labute approximate surface area is 249 Å². The van der Waals surface area contributed by atoms with E-state index in [2.05, 4.69) is 0 Å². The Bertz CT molecular complexity index is 1810. The van der Waals surface area contributed by atoms with Crippen molar-refractivity contribution in [3.8, 4) is 28.6 Å². The monoisotopic (exact) mass is 605 g/mol. The normalized spacial score (nSPS) is 11.7. The predicted octanol–water partition coefficient (Wildman–Crippen LogP) is 5.96. The van der Waals surface area contributed by atoms with Crippen LogP contribution in [0.1, 0.15) is 48.2 Å². The van der Waals surface area contributed by atoms with Crippen molar-refractivity contribution in [2.75, 3.05) is 12.4 Å². The summed E-state index contributed by atoms with van der Waals surface area (Å²) in [5, 5.41) is 20.9. The van der Waals surface area contributed by atoms with Crippen LogP contribution in [0.3, 0.4) is 0 Å². The van der Waals surface area contributed by atoms with Gasteiger partial charge in [-0.15, -0.1) is 0 Å². The van der Waals surface area contributed by atoms with E-state index in [9.17, 15) is 23.0 Å². The number of phenols is 1. The third kappa shape index (κ3) is 7.88. The number of phenolic OH excluding ortho intramolecular Hbond substituents is 1. The molecule has 2 heterocycles. The first-order valence-electron chi connectivity index (χ1n) is 14.0. The van der Waals surface area contributed by atoms with E-state index in [1.807, 2.05) is 30.3 Å². The highest BCUT2D eigenvalue weighted by Crippen LogP contribution is 2.30.